The number of carbonyl (C=O) groups excluding carboxylic acids is 3. The van der Waals surface area contributed by atoms with Gasteiger partial charge in [-0.2, -0.15) is 0 Å². The van der Waals surface area contributed by atoms with E-state index in [9.17, 15) is 19.2 Å². The fraction of sp³-hybridized carbons (Fsp3) is 0.568. The Bertz CT molecular complexity index is 1490. The molecule has 1 unspecified atom stereocenters. The second kappa shape index (κ2) is 15.4. The van der Waals surface area contributed by atoms with Gasteiger partial charge in [-0.15, -0.1) is 0 Å². The number of nitrogens with zero attached hydrogens (tertiary/aromatic N) is 4. The maximum atomic E-state index is 14.1. The molecule has 0 aliphatic carbocycles. The number of amides is 4. The molecule has 4 heterocycles. The summed E-state index contributed by atoms with van der Waals surface area (Å²) in [5.74, 6) is -0.00425. The smallest absolute Gasteiger partial charge is 0.322 e. The van der Waals surface area contributed by atoms with Crippen LogP contribution in [-0.4, -0.2) is 100 Å². The maximum absolute atomic E-state index is 14.1. The molecule has 0 aromatic heterocycles. The number of fused-ring (bicyclic) bond motifs is 1. The Kier molecular flexibility index (Phi) is 11.1. The highest BCUT2D eigenvalue weighted by Crippen LogP contribution is 2.34. The molecule has 3 saturated heterocycles. The van der Waals surface area contributed by atoms with Gasteiger partial charge in [0.05, 0.1) is 12.5 Å². The number of carbonyl (C=O) groups is 4. The molecule has 4 aliphatic heterocycles. The SMILES string of the molecule is Cc1cc(CC(CC(=O)N2CCC(N3Cc4ccccc4NC3=O)CC2)C(=O)N2CCC(C3CCN(CC(=O)O)CC3)CC2)ccc1Br. The summed E-state index contributed by atoms with van der Waals surface area (Å²) < 4.78 is 1.02. The van der Waals surface area contributed by atoms with Gasteiger partial charge in [-0.1, -0.05) is 46.3 Å². The van der Waals surface area contributed by atoms with Gasteiger partial charge in [0.15, 0.2) is 0 Å². The quantitative estimate of drug-likeness (QED) is 0.360. The van der Waals surface area contributed by atoms with Crippen LogP contribution in [0.15, 0.2) is 46.9 Å². The van der Waals surface area contributed by atoms with Crippen LogP contribution in [0.4, 0.5) is 10.5 Å². The summed E-state index contributed by atoms with van der Waals surface area (Å²) in [7, 11) is 0. The molecular formula is C37H48BrN5O5. The van der Waals surface area contributed by atoms with Crippen LogP contribution in [0.25, 0.3) is 0 Å². The predicted molar refractivity (Wildman–Crippen MR) is 187 cm³/mol. The molecule has 3 fully saturated rings. The molecular weight excluding hydrogens is 674 g/mol. The number of para-hydroxylation sites is 1. The van der Waals surface area contributed by atoms with Crippen molar-refractivity contribution in [3.05, 3.63) is 63.6 Å². The molecule has 2 aromatic rings. The topological polar surface area (TPSA) is 113 Å². The Morgan fingerprint density at radius 3 is 2.21 bits per heavy atom. The van der Waals surface area contributed by atoms with Crippen molar-refractivity contribution in [2.75, 3.05) is 51.1 Å². The third-order valence-electron chi connectivity index (χ3n) is 11.1. The predicted octanol–water partition coefficient (Wildman–Crippen LogP) is 5.38. The summed E-state index contributed by atoms with van der Waals surface area (Å²) in [6, 6.07) is 14.0. The first-order valence-corrected chi connectivity index (χ1v) is 18.3. The lowest BCUT2D eigenvalue weighted by molar-refractivity contribution is -0.143. The van der Waals surface area contributed by atoms with Crippen molar-refractivity contribution in [1.82, 2.24) is 19.6 Å². The highest BCUT2D eigenvalue weighted by Gasteiger charge is 2.36. The molecule has 258 valence electrons. The van der Waals surface area contributed by atoms with Crippen LogP contribution < -0.4 is 5.32 Å². The molecule has 6 rings (SSSR count). The zero-order valence-corrected chi connectivity index (χ0v) is 29.5. The lowest BCUT2D eigenvalue weighted by Gasteiger charge is -2.41. The fourth-order valence-electron chi connectivity index (χ4n) is 8.27. The van der Waals surface area contributed by atoms with Crippen molar-refractivity contribution in [3.63, 3.8) is 0 Å². The van der Waals surface area contributed by atoms with E-state index < -0.39 is 11.9 Å². The van der Waals surface area contributed by atoms with Crippen molar-refractivity contribution in [2.45, 2.75) is 70.9 Å². The highest BCUT2D eigenvalue weighted by atomic mass is 79.9. The third kappa shape index (κ3) is 8.22. The van der Waals surface area contributed by atoms with Crippen LogP contribution in [0.1, 0.15) is 61.6 Å². The third-order valence-corrected chi connectivity index (χ3v) is 12.0. The molecule has 48 heavy (non-hydrogen) atoms. The molecule has 0 spiro atoms. The van der Waals surface area contributed by atoms with Crippen molar-refractivity contribution in [1.29, 1.82) is 0 Å². The van der Waals surface area contributed by atoms with Crippen LogP contribution in [0, 0.1) is 24.7 Å². The minimum absolute atomic E-state index is 0.0112. The monoisotopic (exact) mass is 721 g/mol. The number of hydrogen-bond acceptors (Lipinski definition) is 5. The summed E-state index contributed by atoms with van der Waals surface area (Å²) in [6.45, 7) is 6.92. The van der Waals surface area contributed by atoms with Gasteiger partial charge in [-0.25, -0.2) is 4.79 Å². The van der Waals surface area contributed by atoms with Crippen LogP contribution >= 0.6 is 15.9 Å². The van der Waals surface area contributed by atoms with E-state index >= 15 is 0 Å². The van der Waals surface area contributed by atoms with Crippen LogP contribution in [0.5, 0.6) is 0 Å². The summed E-state index contributed by atoms with van der Waals surface area (Å²) in [5.41, 5.74) is 4.13. The van der Waals surface area contributed by atoms with Crippen molar-refractivity contribution >= 4 is 45.4 Å². The summed E-state index contributed by atoms with van der Waals surface area (Å²) in [4.78, 5) is 59.7. The van der Waals surface area contributed by atoms with Crippen LogP contribution in [-0.2, 0) is 27.3 Å². The van der Waals surface area contributed by atoms with Crippen molar-refractivity contribution in [3.8, 4) is 0 Å². The van der Waals surface area contributed by atoms with Gasteiger partial charge in [0.2, 0.25) is 11.8 Å². The summed E-state index contributed by atoms with van der Waals surface area (Å²) in [6.07, 6.45) is 6.06. The molecule has 4 aliphatic rings. The van der Waals surface area contributed by atoms with E-state index in [1.165, 1.54) is 0 Å². The van der Waals surface area contributed by atoms with E-state index in [0.29, 0.717) is 63.8 Å². The van der Waals surface area contributed by atoms with Crippen LogP contribution in [0.3, 0.4) is 0 Å². The van der Waals surface area contributed by atoms with Crippen molar-refractivity contribution < 1.29 is 24.3 Å². The molecule has 2 aromatic carbocycles. The Morgan fingerprint density at radius 2 is 1.54 bits per heavy atom. The van der Waals surface area contributed by atoms with Gasteiger partial charge in [-0.3, -0.25) is 19.3 Å². The van der Waals surface area contributed by atoms with Crippen molar-refractivity contribution in [2.24, 2.45) is 17.8 Å². The number of urea groups is 1. The molecule has 0 bridgehead atoms. The number of benzene rings is 2. The van der Waals surface area contributed by atoms with Gasteiger partial charge in [-0.05, 0) is 106 Å². The van der Waals surface area contributed by atoms with Crippen LogP contribution in [0.2, 0.25) is 0 Å². The Morgan fingerprint density at radius 1 is 0.896 bits per heavy atom. The molecule has 4 amide bonds. The lowest BCUT2D eigenvalue weighted by Crippen LogP contribution is -2.51. The Labute approximate surface area is 291 Å². The molecule has 0 radical (unpaired) electrons. The Balaban J connectivity index is 1.05. The zero-order valence-electron chi connectivity index (χ0n) is 27.9. The van der Waals surface area contributed by atoms with E-state index in [1.807, 2.05) is 62.9 Å². The summed E-state index contributed by atoms with van der Waals surface area (Å²) >= 11 is 3.58. The number of halogens is 1. The van der Waals surface area contributed by atoms with Gasteiger partial charge in [0.25, 0.3) is 0 Å². The standard InChI is InChI=1S/C37H48BrN5O5/c1-25-20-26(6-7-32(25)38)21-30(36(47)42-16-10-28(11-17-42)27-8-14-40(15-9-27)24-35(45)46)22-34(44)41-18-12-31(13-19-41)43-23-29-4-2-3-5-33(29)39-37(43)48/h2-7,20,27-28,30-31H,8-19,21-24H2,1H3,(H,39,48)(H,45,46). The van der Waals surface area contributed by atoms with Gasteiger partial charge < -0.3 is 25.1 Å². The number of carboxylic acid groups (broad SMARTS) is 1. The number of hydrogen-bond donors (Lipinski definition) is 2. The highest BCUT2D eigenvalue weighted by molar-refractivity contribution is 9.10. The minimum atomic E-state index is -0.769. The second-order valence-corrected chi connectivity index (χ2v) is 15.0. The Hall–Kier alpha value is -3.44. The molecule has 2 N–H and O–H groups in total. The molecule has 1 atom stereocenters. The fourth-order valence-corrected chi connectivity index (χ4v) is 8.52. The first-order chi connectivity index (χ1) is 23.1. The number of carboxylic acids is 1. The number of aliphatic carboxylic acids is 1. The van der Waals surface area contributed by atoms with Gasteiger partial charge in [0, 0.05) is 55.3 Å². The molecule has 10 nitrogen and oxygen atoms in total. The van der Waals surface area contributed by atoms with E-state index in [0.717, 1.165) is 65.6 Å². The van der Waals surface area contributed by atoms with E-state index in [4.69, 9.17) is 5.11 Å². The molecule has 11 heteroatoms. The average molecular weight is 723 g/mol. The number of piperidine rings is 3. The normalized spacial score (nSPS) is 20.7. The van der Waals surface area contributed by atoms with E-state index in [2.05, 4.69) is 27.3 Å². The first kappa shape index (κ1) is 34.4. The van der Waals surface area contributed by atoms with E-state index in [1.54, 1.807) is 0 Å². The number of aryl methyl sites for hydroxylation is 1. The second-order valence-electron chi connectivity index (χ2n) is 14.2. The molecule has 0 saturated carbocycles. The number of likely N-dealkylation sites (tertiary alicyclic amines) is 3. The summed E-state index contributed by atoms with van der Waals surface area (Å²) in [5, 5.41) is 12.1. The first-order valence-electron chi connectivity index (χ1n) is 17.6. The lowest BCUT2D eigenvalue weighted by atomic mass is 9.78. The number of rotatable bonds is 9. The zero-order chi connectivity index (χ0) is 33.8. The number of anilines is 1. The van der Waals surface area contributed by atoms with Gasteiger partial charge >= 0.3 is 12.0 Å². The minimum Gasteiger partial charge on any atom is -0.480 e. The average Bonchev–Trinajstić information content (AvgIpc) is 3.09. The largest absolute Gasteiger partial charge is 0.480 e. The maximum Gasteiger partial charge on any atom is 0.322 e. The van der Waals surface area contributed by atoms with E-state index in [-0.39, 0.29) is 36.9 Å². The number of nitrogens with one attached hydrogen (secondary N) is 1. The van der Waals surface area contributed by atoms with Gasteiger partial charge in [0.1, 0.15) is 0 Å².